The van der Waals surface area contributed by atoms with Gasteiger partial charge < -0.3 is 0 Å². The highest BCUT2D eigenvalue weighted by Crippen LogP contribution is 2.23. The summed E-state index contributed by atoms with van der Waals surface area (Å²) in [6, 6.07) is 6.05. The van der Waals surface area contributed by atoms with Crippen LogP contribution in [0.1, 0.15) is 48.7 Å². The summed E-state index contributed by atoms with van der Waals surface area (Å²) in [5, 5.41) is 0. The van der Waals surface area contributed by atoms with Crippen molar-refractivity contribution in [3.63, 3.8) is 0 Å². The lowest BCUT2D eigenvalue weighted by Crippen LogP contribution is -2.14. The van der Waals surface area contributed by atoms with Crippen molar-refractivity contribution in [1.82, 2.24) is 0 Å². The van der Waals surface area contributed by atoms with E-state index in [0.717, 1.165) is 16.7 Å². The van der Waals surface area contributed by atoms with Crippen LogP contribution in [0.25, 0.3) is 0 Å². The van der Waals surface area contributed by atoms with E-state index >= 15 is 0 Å². The first-order valence-corrected chi connectivity index (χ1v) is 5.40. The summed E-state index contributed by atoms with van der Waals surface area (Å²) >= 11 is 0. The normalized spacial score (nSPS) is 11.5. The van der Waals surface area contributed by atoms with Crippen LogP contribution in [0.3, 0.4) is 0 Å². The standard InChI is InChI=1S/C14H20O/c1-10-6-7-11(2)12(8-10)13(15)9-14(3,4)5/h6-8H,9H2,1-5H3. The number of Topliss-reactive ketones (excluding diaryl/α,β-unsaturated/α-hetero) is 1. The van der Waals surface area contributed by atoms with Gasteiger partial charge in [-0.15, -0.1) is 0 Å². The molecule has 0 unspecified atom stereocenters. The van der Waals surface area contributed by atoms with Gasteiger partial charge in [-0.25, -0.2) is 0 Å². The third kappa shape index (κ3) is 3.50. The highest BCUT2D eigenvalue weighted by atomic mass is 16.1. The molecule has 0 amide bonds. The Labute approximate surface area is 92.5 Å². The maximum atomic E-state index is 12.0. The Morgan fingerprint density at radius 2 is 1.80 bits per heavy atom. The fraction of sp³-hybridized carbons (Fsp3) is 0.500. The van der Waals surface area contributed by atoms with Gasteiger partial charge in [0.2, 0.25) is 0 Å². The maximum Gasteiger partial charge on any atom is 0.163 e. The Hall–Kier alpha value is -1.11. The summed E-state index contributed by atoms with van der Waals surface area (Å²) in [4.78, 5) is 12.0. The van der Waals surface area contributed by atoms with Gasteiger partial charge >= 0.3 is 0 Å². The second-order valence-corrected chi connectivity index (χ2v) is 5.48. The van der Waals surface area contributed by atoms with E-state index in [1.54, 1.807) is 0 Å². The summed E-state index contributed by atoms with van der Waals surface area (Å²) in [5.74, 6) is 0.253. The Kier molecular flexibility index (Phi) is 3.33. The van der Waals surface area contributed by atoms with Crippen molar-refractivity contribution >= 4 is 5.78 Å². The van der Waals surface area contributed by atoms with Crippen LogP contribution in [0, 0.1) is 19.3 Å². The van der Waals surface area contributed by atoms with Gasteiger partial charge in [0.25, 0.3) is 0 Å². The topological polar surface area (TPSA) is 17.1 Å². The van der Waals surface area contributed by atoms with E-state index in [-0.39, 0.29) is 11.2 Å². The predicted octanol–water partition coefficient (Wildman–Crippen LogP) is 3.92. The number of benzene rings is 1. The van der Waals surface area contributed by atoms with E-state index in [4.69, 9.17) is 0 Å². The van der Waals surface area contributed by atoms with Gasteiger partial charge in [-0.05, 0) is 30.9 Å². The molecule has 1 nitrogen and oxygen atoms in total. The van der Waals surface area contributed by atoms with Gasteiger partial charge in [-0.2, -0.15) is 0 Å². The lowest BCUT2D eigenvalue weighted by molar-refractivity contribution is 0.0939. The first-order valence-electron chi connectivity index (χ1n) is 5.40. The van der Waals surface area contributed by atoms with Crippen molar-refractivity contribution in [2.75, 3.05) is 0 Å². The maximum absolute atomic E-state index is 12.0. The molecule has 0 saturated carbocycles. The molecule has 1 aromatic rings. The van der Waals surface area contributed by atoms with Crippen molar-refractivity contribution in [2.45, 2.75) is 41.0 Å². The Morgan fingerprint density at radius 3 is 2.33 bits per heavy atom. The van der Waals surface area contributed by atoms with Crippen LogP contribution in [0.2, 0.25) is 0 Å². The number of hydrogen-bond acceptors (Lipinski definition) is 1. The molecule has 0 bridgehead atoms. The SMILES string of the molecule is Cc1ccc(C)c(C(=O)CC(C)(C)C)c1. The molecule has 1 aromatic carbocycles. The fourth-order valence-corrected chi connectivity index (χ4v) is 1.61. The summed E-state index contributed by atoms with van der Waals surface area (Å²) < 4.78 is 0. The molecule has 0 spiro atoms. The molecule has 1 heteroatoms. The zero-order valence-electron chi connectivity index (χ0n) is 10.3. The highest BCUT2D eigenvalue weighted by Gasteiger charge is 2.18. The van der Waals surface area contributed by atoms with E-state index in [9.17, 15) is 4.79 Å². The zero-order chi connectivity index (χ0) is 11.6. The van der Waals surface area contributed by atoms with Crippen LogP contribution >= 0.6 is 0 Å². The van der Waals surface area contributed by atoms with Crippen LogP contribution in [0.15, 0.2) is 18.2 Å². The molecule has 0 fully saturated rings. The van der Waals surface area contributed by atoms with Crippen LogP contribution < -0.4 is 0 Å². The van der Waals surface area contributed by atoms with E-state index in [1.807, 2.05) is 32.0 Å². The number of carbonyl (C=O) groups excluding carboxylic acids is 1. The van der Waals surface area contributed by atoms with Gasteiger partial charge in [-0.1, -0.05) is 38.5 Å². The molecule has 0 heterocycles. The molecule has 0 atom stereocenters. The molecular weight excluding hydrogens is 184 g/mol. The lowest BCUT2D eigenvalue weighted by atomic mass is 9.86. The molecule has 0 radical (unpaired) electrons. The monoisotopic (exact) mass is 204 g/mol. The lowest BCUT2D eigenvalue weighted by Gasteiger charge is -2.17. The van der Waals surface area contributed by atoms with Crippen molar-refractivity contribution in [3.05, 3.63) is 34.9 Å². The number of aryl methyl sites for hydroxylation is 2. The van der Waals surface area contributed by atoms with Crippen LogP contribution in [0.5, 0.6) is 0 Å². The third-order valence-electron chi connectivity index (χ3n) is 2.38. The summed E-state index contributed by atoms with van der Waals surface area (Å²) in [7, 11) is 0. The number of carbonyl (C=O) groups is 1. The van der Waals surface area contributed by atoms with Crippen LogP contribution in [0.4, 0.5) is 0 Å². The average molecular weight is 204 g/mol. The van der Waals surface area contributed by atoms with Gasteiger partial charge in [0.1, 0.15) is 0 Å². The Balaban J connectivity index is 2.96. The van der Waals surface area contributed by atoms with E-state index in [0.29, 0.717) is 6.42 Å². The van der Waals surface area contributed by atoms with Crippen molar-refractivity contribution < 1.29 is 4.79 Å². The molecular formula is C14H20O. The summed E-state index contributed by atoms with van der Waals surface area (Å²) in [5.41, 5.74) is 3.17. The van der Waals surface area contributed by atoms with Gasteiger partial charge in [0.15, 0.2) is 5.78 Å². The molecule has 0 aliphatic carbocycles. The Morgan fingerprint density at radius 1 is 1.20 bits per heavy atom. The van der Waals surface area contributed by atoms with E-state index in [2.05, 4.69) is 20.8 Å². The molecule has 1 rings (SSSR count). The Bertz CT molecular complexity index is 369. The third-order valence-corrected chi connectivity index (χ3v) is 2.38. The zero-order valence-corrected chi connectivity index (χ0v) is 10.3. The van der Waals surface area contributed by atoms with Gasteiger partial charge in [0.05, 0.1) is 0 Å². The first kappa shape index (κ1) is 12.0. The first-order chi connectivity index (χ1) is 6.79. The van der Waals surface area contributed by atoms with E-state index < -0.39 is 0 Å². The highest BCUT2D eigenvalue weighted by molar-refractivity contribution is 5.97. The molecule has 0 aliphatic heterocycles. The summed E-state index contributed by atoms with van der Waals surface area (Å²) in [6.45, 7) is 10.3. The number of rotatable bonds is 2. The smallest absolute Gasteiger partial charge is 0.163 e. The fourth-order valence-electron chi connectivity index (χ4n) is 1.61. The van der Waals surface area contributed by atoms with Crippen LogP contribution in [-0.2, 0) is 0 Å². The van der Waals surface area contributed by atoms with Crippen molar-refractivity contribution in [3.8, 4) is 0 Å². The number of hydrogen-bond donors (Lipinski definition) is 0. The molecule has 0 saturated heterocycles. The quantitative estimate of drug-likeness (QED) is 0.667. The molecule has 82 valence electrons. The van der Waals surface area contributed by atoms with Gasteiger partial charge in [0, 0.05) is 12.0 Å². The van der Waals surface area contributed by atoms with E-state index in [1.165, 1.54) is 0 Å². The molecule has 0 aliphatic rings. The van der Waals surface area contributed by atoms with Crippen molar-refractivity contribution in [2.24, 2.45) is 5.41 Å². The largest absolute Gasteiger partial charge is 0.294 e. The average Bonchev–Trinajstić information content (AvgIpc) is 2.06. The summed E-state index contributed by atoms with van der Waals surface area (Å²) in [6.07, 6.45) is 0.608. The number of ketones is 1. The molecule has 15 heavy (non-hydrogen) atoms. The minimum Gasteiger partial charge on any atom is -0.294 e. The van der Waals surface area contributed by atoms with Crippen LogP contribution in [-0.4, -0.2) is 5.78 Å². The second-order valence-electron chi connectivity index (χ2n) is 5.48. The predicted molar refractivity (Wildman–Crippen MR) is 64.3 cm³/mol. The second kappa shape index (κ2) is 4.18. The van der Waals surface area contributed by atoms with Crippen molar-refractivity contribution in [1.29, 1.82) is 0 Å². The minimum atomic E-state index is 0.0628. The minimum absolute atomic E-state index is 0.0628. The molecule has 0 aromatic heterocycles. The molecule has 0 N–H and O–H groups in total. The van der Waals surface area contributed by atoms with Gasteiger partial charge in [-0.3, -0.25) is 4.79 Å².